The normalized spacial score (nSPS) is 10.1. The predicted molar refractivity (Wildman–Crippen MR) is 104 cm³/mol. The van der Waals surface area contributed by atoms with Crippen molar-refractivity contribution in [1.29, 1.82) is 0 Å². The highest BCUT2D eigenvalue weighted by Gasteiger charge is 2.07. The Balaban J connectivity index is 1.70. The lowest BCUT2D eigenvalue weighted by molar-refractivity contribution is 0.789. The minimum atomic E-state index is -0.223. The van der Waals surface area contributed by atoms with Gasteiger partial charge in [0.05, 0.1) is 17.6 Å². The monoisotopic (exact) mass is 351 g/mol. The maximum absolute atomic E-state index is 12.3. The lowest BCUT2D eigenvalue weighted by Crippen LogP contribution is -2.42. The number of hydrogen-bond donors (Lipinski definition) is 2. The Hall–Kier alpha value is -3.19. The van der Waals surface area contributed by atoms with E-state index >= 15 is 0 Å². The van der Waals surface area contributed by atoms with Crippen LogP contribution in [-0.2, 0) is 0 Å². The van der Waals surface area contributed by atoms with Crippen molar-refractivity contribution in [2.24, 2.45) is 0 Å². The molecule has 0 unspecified atom stereocenters. The van der Waals surface area contributed by atoms with E-state index in [9.17, 15) is 4.79 Å². The fourth-order valence-corrected chi connectivity index (χ4v) is 2.50. The number of para-hydroxylation sites is 2. The van der Waals surface area contributed by atoms with Gasteiger partial charge in [-0.25, -0.2) is 0 Å². The number of benzene rings is 2. The van der Waals surface area contributed by atoms with Gasteiger partial charge in [-0.05, 0) is 36.5 Å². The molecule has 0 atom stereocenters. The Kier molecular flexibility index (Phi) is 5.06. The molecule has 2 aromatic carbocycles. The Bertz CT molecular complexity index is 912. The predicted octanol–water partition coefficient (Wildman–Crippen LogP) is 2.57. The smallest absolute Gasteiger partial charge is 0.273 e. The molecule has 0 amide bonds. The summed E-state index contributed by atoms with van der Waals surface area (Å²) in [5.41, 5.74) is 4.98. The summed E-state index contributed by atoms with van der Waals surface area (Å²) < 4.78 is 1.35. The van der Waals surface area contributed by atoms with Crippen molar-refractivity contribution in [3.8, 4) is 5.69 Å². The van der Waals surface area contributed by atoms with Crippen LogP contribution in [0.5, 0.6) is 0 Å². The van der Waals surface area contributed by atoms with Crippen LogP contribution in [0.2, 0.25) is 0 Å². The minimum Gasteiger partial charge on any atom is -0.331 e. The van der Waals surface area contributed by atoms with Gasteiger partial charge in [-0.2, -0.15) is 9.78 Å². The molecule has 0 aliphatic heterocycles. The Labute approximate surface area is 150 Å². The maximum Gasteiger partial charge on any atom is 0.273 e. The first-order valence-corrected chi connectivity index (χ1v) is 8.05. The molecule has 0 saturated carbocycles. The van der Waals surface area contributed by atoms with Crippen LogP contribution in [0.15, 0.2) is 77.7 Å². The number of nitrogens with zero attached hydrogens (tertiary/aromatic N) is 3. The molecule has 2 N–H and O–H groups in total. The van der Waals surface area contributed by atoms with Gasteiger partial charge in [0.15, 0.2) is 5.11 Å². The third-order valence-electron chi connectivity index (χ3n) is 3.47. The standard InChI is InChI=1S/C18H17N5OS/c1-22(21-18(25)20-14-8-4-2-5-9-14)16-12-17(24)23(19-13-16)15-10-6-3-7-11-15/h2-13H,1H3,(H2,20,21,25). The zero-order valence-electron chi connectivity index (χ0n) is 13.6. The topological polar surface area (TPSA) is 62.2 Å². The van der Waals surface area contributed by atoms with E-state index in [0.717, 1.165) is 11.4 Å². The first-order valence-electron chi connectivity index (χ1n) is 7.65. The Morgan fingerprint density at radius 3 is 2.36 bits per heavy atom. The van der Waals surface area contributed by atoms with Gasteiger partial charge in [0, 0.05) is 18.8 Å². The van der Waals surface area contributed by atoms with Gasteiger partial charge in [-0.15, -0.1) is 0 Å². The number of anilines is 2. The van der Waals surface area contributed by atoms with Gasteiger partial charge in [0.25, 0.3) is 5.56 Å². The second kappa shape index (κ2) is 7.59. The molecule has 0 aliphatic carbocycles. The first kappa shape index (κ1) is 16.7. The Morgan fingerprint density at radius 1 is 1.08 bits per heavy atom. The molecule has 0 radical (unpaired) electrons. The molecule has 3 aromatic rings. The van der Waals surface area contributed by atoms with Crippen LogP contribution in [0.4, 0.5) is 11.4 Å². The van der Waals surface area contributed by atoms with E-state index < -0.39 is 0 Å². The molecule has 6 nitrogen and oxygen atoms in total. The third-order valence-corrected chi connectivity index (χ3v) is 3.67. The summed E-state index contributed by atoms with van der Waals surface area (Å²) in [6, 6.07) is 20.4. The molecule has 25 heavy (non-hydrogen) atoms. The van der Waals surface area contributed by atoms with E-state index in [0.29, 0.717) is 10.8 Å². The zero-order chi connectivity index (χ0) is 17.6. The van der Waals surface area contributed by atoms with E-state index in [4.69, 9.17) is 12.2 Å². The molecule has 0 bridgehead atoms. The van der Waals surface area contributed by atoms with Crippen LogP contribution in [-0.4, -0.2) is 21.9 Å². The van der Waals surface area contributed by atoms with E-state index in [-0.39, 0.29) is 5.56 Å². The highest BCUT2D eigenvalue weighted by Crippen LogP contribution is 2.08. The van der Waals surface area contributed by atoms with Crippen LogP contribution in [0, 0.1) is 0 Å². The maximum atomic E-state index is 12.3. The summed E-state index contributed by atoms with van der Waals surface area (Å²) in [4.78, 5) is 12.3. The molecule has 1 aromatic heterocycles. The fourth-order valence-electron chi connectivity index (χ4n) is 2.24. The molecule has 7 heteroatoms. The number of rotatable bonds is 4. The van der Waals surface area contributed by atoms with Crippen molar-refractivity contribution in [3.63, 3.8) is 0 Å². The van der Waals surface area contributed by atoms with Gasteiger partial charge in [0.2, 0.25) is 0 Å². The van der Waals surface area contributed by atoms with Crippen LogP contribution >= 0.6 is 12.2 Å². The minimum absolute atomic E-state index is 0.223. The number of aromatic nitrogens is 2. The van der Waals surface area contributed by atoms with Crippen LogP contribution < -0.4 is 21.3 Å². The molecule has 126 valence electrons. The summed E-state index contributed by atoms with van der Waals surface area (Å²) in [5, 5.41) is 9.35. The number of nitrogens with one attached hydrogen (secondary N) is 2. The van der Waals surface area contributed by atoms with Crippen LogP contribution in [0.25, 0.3) is 5.69 Å². The van der Waals surface area contributed by atoms with Gasteiger partial charge >= 0.3 is 0 Å². The highest BCUT2D eigenvalue weighted by molar-refractivity contribution is 7.80. The lowest BCUT2D eigenvalue weighted by atomic mass is 10.3. The van der Waals surface area contributed by atoms with Crippen molar-refractivity contribution in [3.05, 3.63) is 83.3 Å². The molecule has 3 rings (SSSR count). The molecule has 0 aliphatic rings. The van der Waals surface area contributed by atoms with E-state index in [1.54, 1.807) is 18.3 Å². The van der Waals surface area contributed by atoms with Crippen molar-refractivity contribution in [2.45, 2.75) is 0 Å². The number of thiocarbonyl (C=S) groups is 1. The molecular weight excluding hydrogens is 334 g/mol. The molecule has 0 fully saturated rings. The second-order valence-electron chi connectivity index (χ2n) is 5.29. The Morgan fingerprint density at radius 2 is 1.72 bits per heavy atom. The van der Waals surface area contributed by atoms with Crippen molar-refractivity contribution < 1.29 is 0 Å². The second-order valence-corrected chi connectivity index (χ2v) is 5.70. The van der Waals surface area contributed by atoms with Gasteiger partial charge in [-0.3, -0.25) is 15.2 Å². The fraction of sp³-hybridized carbons (Fsp3) is 0.0556. The summed E-state index contributed by atoms with van der Waals surface area (Å²) in [6.45, 7) is 0. The molecule has 0 saturated heterocycles. The summed E-state index contributed by atoms with van der Waals surface area (Å²) in [7, 11) is 1.77. The van der Waals surface area contributed by atoms with Gasteiger partial charge < -0.3 is 5.32 Å². The summed E-state index contributed by atoms with van der Waals surface area (Å²) >= 11 is 5.28. The molecule has 1 heterocycles. The lowest BCUT2D eigenvalue weighted by Gasteiger charge is -2.22. The van der Waals surface area contributed by atoms with Crippen molar-refractivity contribution >= 4 is 28.7 Å². The van der Waals surface area contributed by atoms with Crippen LogP contribution in [0.3, 0.4) is 0 Å². The first-order chi connectivity index (χ1) is 12.1. The number of hydrogen-bond acceptors (Lipinski definition) is 4. The van der Waals surface area contributed by atoms with Crippen LogP contribution in [0.1, 0.15) is 0 Å². The number of hydrazine groups is 1. The molecule has 0 spiro atoms. The quantitative estimate of drug-likeness (QED) is 0.556. The van der Waals surface area contributed by atoms with E-state index in [1.807, 2.05) is 60.7 Å². The van der Waals surface area contributed by atoms with E-state index in [1.165, 1.54) is 10.7 Å². The van der Waals surface area contributed by atoms with Crippen molar-refractivity contribution in [2.75, 3.05) is 17.4 Å². The summed E-state index contributed by atoms with van der Waals surface area (Å²) in [5.74, 6) is 0. The SMILES string of the molecule is CN(NC(=S)Nc1ccccc1)c1cnn(-c2ccccc2)c(=O)c1. The summed E-state index contributed by atoms with van der Waals surface area (Å²) in [6.07, 6.45) is 1.60. The molecular formula is C18H17N5OS. The van der Waals surface area contributed by atoms with E-state index in [2.05, 4.69) is 15.8 Å². The third kappa shape index (κ3) is 4.21. The zero-order valence-corrected chi connectivity index (χ0v) is 14.4. The van der Waals surface area contributed by atoms with Gasteiger partial charge in [0.1, 0.15) is 0 Å². The average molecular weight is 351 g/mol. The average Bonchev–Trinajstić information content (AvgIpc) is 2.63. The highest BCUT2D eigenvalue weighted by atomic mass is 32.1. The van der Waals surface area contributed by atoms with Gasteiger partial charge in [-0.1, -0.05) is 36.4 Å². The largest absolute Gasteiger partial charge is 0.331 e. The van der Waals surface area contributed by atoms with Crippen molar-refractivity contribution in [1.82, 2.24) is 15.2 Å².